The average molecular weight is 339 g/mol. The lowest BCUT2D eigenvalue weighted by molar-refractivity contribution is -0.116. The van der Waals surface area contributed by atoms with Gasteiger partial charge in [0.05, 0.1) is 5.56 Å². The molecular weight excluding hydrogens is 321 g/mol. The van der Waals surface area contributed by atoms with Crippen LogP contribution in [0, 0.1) is 5.82 Å². The fourth-order valence-corrected chi connectivity index (χ4v) is 2.38. The Kier molecular flexibility index (Phi) is 5.18. The third kappa shape index (κ3) is 4.09. The molecule has 0 bridgehead atoms. The predicted molar refractivity (Wildman–Crippen MR) is 93.3 cm³/mol. The largest absolute Gasteiger partial charge is 0.334 e. The summed E-state index contributed by atoms with van der Waals surface area (Å²) in [6, 6.07) is 13.4. The van der Waals surface area contributed by atoms with Crippen molar-refractivity contribution in [1.29, 1.82) is 0 Å². The monoisotopic (exact) mass is 339 g/mol. The molecule has 3 rings (SSSR count). The van der Waals surface area contributed by atoms with Gasteiger partial charge in [-0.15, -0.1) is 0 Å². The maximum absolute atomic E-state index is 13.8. The summed E-state index contributed by atoms with van der Waals surface area (Å²) in [5.74, 6) is 0.00203. The topological polar surface area (TPSA) is 68.0 Å². The quantitative estimate of drug-likeness (QED) is 0.708. The Balaban J connectivity index is 1.80. The number of rotatable bonds is 6. The normalized spacial score (nSPS) is 10.6. The fourth-order valence-electron chi connectivity index (χ4n) is 2.38. The number of aromatic nitrogens is 2. The highest BCUT2D eigenvalue weighted by Gasteiger charge is 2.14. The van der Waals surface area contributed by atoms with E-state index >= 15 is 0 Å². The van der Waals surface area contributed by atoms with Gasteiger partial charge < -0.3 is 9.84 Å². The fraction of sp³-hybridized carbons (Fsp3) is 0.211. The van der Waals surface area contributed by atoms with Gasteiger partial charge in [-0.3, -0.25) is 4.79 Å². The minimum Gasteiger partial charge on any atom is -0.334 e. The number of benzene rings is 2. The Morgan fingerprint density at radius 1 is 1.20 bits per heavy atom. The molecule has 0 spiro atoms. The van der Waals surface area contributed by atoms with Crippen molar-refractivity contribution in [2.75, 3.05) is 5.32 Å². The second kappa shape index (κ2) is 7.70. The van der Waals surface area contributed by atoms with E-state index in [-0.39, 0.29) is 17.4 Å². The van der Waals surface area contributed by atoms with E-state index < -0.39 is 5.82 Å². The van der Waals surface area contributed by atoms with E-state index in [0.29, 0.717) is 23.5 Å². The molecule has 1 N–H and O–H groups in total. The lowest BCUT2D eigenvalue weighted by Crippen LogP contribution is -2.10. The number of halogens is 1. The number of nitrogens with one attached hydrogen (secondary N) is 1. The molecule has 0 fully saturated rings. The molecule has 0 aliphatic carbocycles. The molecule has 2 aromatic carbocycles. The Morgan fingerprint density at radius 3 is 2.84 bits per heavy atom. The Morgan fingerprint density at radius 2 is 2.04 bits per heavy atom. The molecule has 128 valence electrons. The summed E-state index contributed by atoms with van der Waals surface area (Å²) in [5, 5.41) is 6.76. The summed E-state index contributed by atoms with van der Waals surface area (Å²) < 4.78 is 19.0. The van der Waals surface area contributed by atoms with Crippen LogP contribution in [0.3, 0.4) is 0 Å². The number of hydrogen-bond acceptors (Lipinski definition) is 4. The zero-order chi connectivity index (χ0) is 17.6. The summed E-state index contributed by atoms with van der Waals surface area (Å²) in [5.41, 5.74) is 1.60. The smallest absolute Gasteiger partial charge is 0.261 e. The molecule has 1 amide bonds. The number of carbonyl (C=O) groups excluding carboxylic acids is 1. The third-order valence-corrected chi connectivity index (χ3v) is 3.69. The van der Waals surface area contributed by atoms with Gasteiger partial charge in [-0.1, -0.05) is 42.8 Å². The molecule has 6 heteroatoms. The molecule has 0 unspecified atom stereocenters. The summed E-state index contributed by atoms with van der Waals surface area (Å²) in [6.45, 7) is 2.04. The van der Waals surface area contributed by atoms with Gasteiger partial charge in [0.15, 0.2) is 0 Å². The van der Waals surface area contributed by atoms with E-state index in [4.69, 9.17) is 4.52 Å². The molecule has 1 heterocycles. The van der Waals surface area contributed by atoms with E-state index in [1.807, 2.05) is 6.92 Å². The summed E-state index contributed by atoms with van der Waals surface area (Å²) in [7, 11) is 0. The van der Waals surface area contributed by atoms with Crippen molar-refractivity contribution in [1.82, 2.24) is 10.1 Å². The first-order valence-corrected chi connectivity index (χ1v) is 8.16. The lowest BCUT2D eigenvalue weighted by atomic mass is 10.1. The van der Waals surface area contributed by atoms with Gasteiger partial charge in [0.25, 0.3) is 5.89 Å². The molecule has 25 heavy (non-hydrogen) atoms. The van der Waals surface area contributed by atoms with Crippen LogP contribution in [-0.4, -0.2) is 16.0 Å². The third-order valence-electron chi connectivity index (χ3n) is 3.69. The predicted octanol–water partition coefficient (Wildman–Crippen LogP) is 4.67. The van der Waals surface area contributed by atoms with Crippen molar-refractivity contribution in [3.05, 3.63) is 54.3 Å². The molecule has 0 aliphatic rings. The van der Waals surface area contributed by atoms with Crippen LogP contribution >= 0.6 is 0 Å². The summed E-state index contributed by atoms with van der Waals surface area (Å²) in [6.07, 6.45) is 2.30. The second-order valence-corrected chi connectivity index (χ2v) is 5.64. The van der Waals surface area contributed by atoms with Gasteiger partial charge in [0, 0.05) is 17.7 Å². The van der Waals surface area contributed by atoms with E-state index in [1.54, 1.807) is 42.5 Å². The molecule has 1 aromatic heterocycles. The van der Waals surface area contributed by atoms with Gasteiger partial charge in [-0.25, -0.2) is 4.39 Å². The van der Waals surface area contributed by atoms with Crippen molar-refractivity contribution in [3.8, 4) is 22.8 Å². The maximum atomic E-state index is 13.8. The highest BCUT2D eigenvalue weighted by molar-refractivity contribution is 5.91. The van der Waals surface area contributed by atoms with Crippen LogP contribution < -0.4 is 5.32 Å². The Hall–Kier alpha value is -3.02. The molecule has 5 nitrogen and oxygen atoms in total. The van der Waals surface area contributed by atoms with Crippen LogP contribution in [0.15, 0.2) is 53.1 Å². The Bertz CT molecular complexity index is 876. The van der Waals surface area contributed by atoms with E-state index in [0.717, 1.165) is 12.8 Å². The number of amides is 1. The van der Waals surface area contributed by atoms with Crippen LogP contribution in [0.2, 0.25) is 0 Å². The van der Waals surface area contributed by atoms with Crippen molar-refractivity contribution >= 4 is 11.6 Å². The van der Waals surface area contributed by atoms with Crippen LogP contribution in [0.1, 0.15) is 26.2 Å². The van der Waals surface area contributed by atoms with Crippen molar-refractivity contribution < 1.29 is 13.7 Å². The van der Waals surface area contributed by atoms with Crippen molar-refractivity contribution in [2.45, 2.75) is 26.2 Å². The number of nitrogens with zero attached hydrogens (tertiary/aromatic N) is 2. The second-order valence-electron chi connectivity index (χ2n) is 5.64. The SMILES string of the molecule is CCCCC(=O)Nc1cccc(-c2noc(-c3ccccc3F)n2)c1. The number of unbranched alkanes of at least 4 members (excludes halogenated alkanes) is 1. The average Bonchev–Trinajstić information content (AvgIpc) is 3.10. The minimum atomic E-state index is -0.422. The Labute approximate surface area is 144 Å². The molecule has 0 aliphatic heterocycles. The van der Waals surface area contributed by atoms with Gasteiger partial charge >= 0.3 is 0 Å². The molecule has 0 saturated carbocycles. The summed E-state index contributed by atoms with van der Waals surface area (Å²) >= 11 is 0. The lowest BCUT2D eigenvalue weighted by Gasteiger charge is -2.05. The first-order valence-electron chi connectivity index (χ1n) is 8.16. The molecule has 0 radical (unpaired) electrons. The van der Waals surface area contributed by atoms with Crippen LogP contribution in [-0.2, 0) is 4.79 Å². The minimum absolute atomic E-state index is 0.0286. The first-order chi connectivity index (χ1) is 12.2. The van der Waals surface area contributed by atoms with Crippen LogP contribution in [0.4, 0.5) is 10.1 Å². The van der Waals surface area contributed by atoms with Crippen LogP contribution in [0.25, 0.3) is 22.8 Å². The maximum Gasteiger partial charge on any atom is 0.261 e. The van der Waals surface area contributed by atoms with Crippen molar-refractivity contribution in [2.24, 2.45) is 0 Å². The van der Waals surface area contributed by atoms with E-state index in [2.05, 4.69) is 15.5 Å². The molecule has 0 saturated heterocycles. The standard InChI is InChI=1S/C19H18FN3O2/c1-2-3-11-17(24)21-14-8-6-7-13(12-14)18-22-19(25-23-18)15-9-4-5-10-16(15)20/h4-10,12H,2-3,11H2,1H3,(H,21,24). The summed E-state index contributed by atoms with van der Waals surface area (Å²) in [4.78, 5) is 16.1. The van der Waals surface area contributed by atoms with E-state index in [9.17, 15) is 9.18 Å². The van der Waals surface area contributed by atoms with E-state index in [1.165, 1.54) is 6.07 Å². The van der Waals surface area contributed by atoms with Crippen molar-refractivity contribution in [3.63, 3.8) is 0 Å². The molecular formula is C19H18FN3O2. The van der Waals surface area contributed by atoms with Gasteiger partial charge in [0.2, 0.25) is 11.7 Å². The molecule has 0 atom stereocenters. The number of hydrogen-bond donors (Lipinski definition) is 1. The zero-order valence-corrected chi connectivity index (χ0v) is 13.8. The number of anilines is 1. The highest BCUT2D eigenvalue weighted by atomic mass is 19.1. The van der Waals surface area contributed by atoms with Crippen LogP contribution in [0.5, 0.6) is 0 Å². The van der Waals surface area contributed by atoms with Gasteiger partial charge in [-0.05, 0) is 30.7 Å². The first kappa shape index (κ1) is 16.8. The highest BCUT2D eigenvalue weighted by Crippen LogP contribution is 2.25. The number of carbonyl (C=O) groups is 1. The van der Waals surface area contributed by atoms with Gasteiger partial charge in [0.1, 0.15) is 5.82 Å². The molecule has 3 aromatic rings. The van der Waals surface area contributed by atoms with Gasteiger partial charge in [-0.2, -0.15) is 4.98 Å². The zero-order valence-electron chi connectivity index (χ0n) is 13.8.